The molecule has 0 radical (unpaired) electrons. The van der Waals surface area contributed by atoms with E-state index in [0.717, 1.165) is 24.2 Å². The highest BCUT2D eigenvalue weighted by atomic mass is 15.0. The molecule has 0 saturated heterocycles. The second kappa shape index (κ2) is 3.53. The fourth-order valence-corrected chi connectivity index (χ4v) is 1.35. The van der Waals surface area contributed by atoms with E-state index in [9.17, 15) is 0 Å². The summed E-state index contributed by atoms with van der Waals surface area (Å²) in [6.07, 6.45) is 9.22. The molecule has 4 nitrogen and oxygen atoms in total. The van der Waals surface area contributed by atoms with Crippen molar-refractivity contribution in [2.75, 3.05) is 6.54 Å². The first-order valence-corrected chi connectivity index (χ1v) is 4.38. The molecular formula is C9H12N4. The van der Waals surface area contributed by atoms with Crippen molar-refractivity contribution >= 4 is 5.52 Å². The number of nitrogens with zero attached hydrogens (tertiary/aromatic N) is 3. The lowest BCUT2D eigenvalue weighted by molar-refractivity contribution is 0.777. The fourth-order valence-electron chi connectivity index (χ4n) is 1.35. The lowest BCUT2D eigenvalue weighted by atomic mass is 10.3. The minimum Gasteiger partial charge on any atom is -0.330 e. The van der Waals surface area contributed by atoms with Crippen LogP contribution in [-0.4, -0.2) is 20.9 Å². The Morgan fingerprint density at radius 1 is 1.38 bits per heavy atom. The molecule has 2 N–H and O–H groups in total. The summed E-state index contributed by atoms with van der Waals surface area (Å²) in [5, 5.41) is 0. The molecule has 0 aliphatic carbocycles. The maximum absolute atomic E-state index is 5.44. The Bertz CT molecular complexity index is 393. The molecule has 0 aliphatic heterocycles. The summed E-state index contributed by atoms with van der Waals surface area (Å²) >= 11 is 0. The van der Waals surface area contributed by atoms with E-state index in [-0.39, 0.29) is 0 Å². The monoisotopic (exact) mass is 176 g/mol. The van der Waals surface area contributed by atoms with Gasteiger partial charge in [0.25, 0.3) is 0 Å². The molecule has 2 heterocycles. The molecule has 2 aromatic heterocycles. The van der Waals surface area contributed by atoms with Crippen LogP contribution in [0.4, 0.5) is 0 Å². The van der Waals surface area contributed by atoms with Crippen LogP contribution >= 0.6 is 0 Å². The van der Waals surface area contributed by atoms with Gasteiger partial charge in [-0.15, -0.1) is 0 Å². The molecule has 0 fully saturated rings. The van der Waals surface area contributed by atoms with Gasteiger partial charge in [-0.1, -0.05) is 0 Å². The van der Waals surface area contributed by atoms with Crippen LogP contribution in [0.3, 0.4) is 0 Å². The van der Waals surface area contributed by atoms with Crippen LogP contribution in [0.1, 0.15) is 12.2 Å². The average molecular weight is 176 g/mol. The van der Waals surface area contributed by atoms with Gasteiger partial charge in [0.15, 0.2) is 0 Å². The van der Waals surface area contributed by atoms with E-state index in [2.05, 4.69) is 9.97 Å². The lowest BCUT2D eigenvalue weighted by Crippen LogP contribution is -2.03. The van der Waals surface area contributed by atoms with E-state index in [4.69, 9.17) is 5.73 Å². The van der Waals surface area contributed by atoms with Gasteiger partial charge in [0.2, 0.25) is 0 Å². The van der Waals surface area contributed by atoms with Gasteiger partial charge in [-0.25, -0.2) is 4.98 Å². The molecule has 0 spiro atoms. The molecule has 2 rings (SSSR count). The van der Waals surface area contributed by atoms with Crippen LogP contribution in [-0.2, 0) is 6.42 Å². The lowest BCUT2D eigenvalue weighted by Gasteiger charge is -1.98. The summed E-state index contributed by atoms with van der Waals surface area (Å²) in [5.74, 6) is 1.06. The van der Waals surface area contributed by atoms with Crippen LogP contribution in [0.15, 0.2) is 24.8 Å². The zero-order valence-corrected chi connectivity index (χ0v) is 7.35. The largest absolute Gasteiger partial charge is 0.330 e. The van der Waals surface area contributed by atoms with Gasteiger partial charge in [0.05, 0.1) is 17.9 Å². The highest BCUT2D eigenvalue weighted by Crippen LogP contribution is 2.05. The van der Waals surface area contributed by atoms with Gasteiger partial charge in [0, 0.05) is 18.8 Å². The number of fused-ring (bicyclic) bond motifs is 1. The molecular weight excluding hydrogens is 164 g/mol. The van der Waals surface area contributed by atoms with E-state index in [0.29, 0.717) is 6.54 Å². The van der Waals surface area contributed by atoms with Gasteiger partial charge in [-0.3, -0.25) is 4.98 Å². The van der Waals surface area contributed by atoms with Crippen molar-refractivity contribution in [1.82, 2.24) is 14.4 Å². The molecule has 0 atom stereocenters. The van der Waals surface area contributed by atoms with E-state index in [1.54, 1.807) is 12.4 Å². The van der Waals surface area contributed by atoms with Gasteiger partial charge in [-0.2, -0.15) is 0 Å². The summed E-state index contributed by atoms with van der Waals surface area (Å²) in [6, 6.07) is 0. The van der Waals surface area contributed by atoms with Crippen molar-refractivity contribution in [2.24, 2.45) is 5.73 Å². The van der Waals surface area contributed by atoms with Crippen molar-refractivity contribution in [3.05, 3.63) is 30.6 Å². The maximum atomic E-state index is 5.44. The van der Waals surface area contributed by atoms with Gasteiger partial charge >= 0.3 is 0 Å². The normalized spacial score (nSPS) is 10.8. The van der Waals surface area contributed by atoms with Crippen molar-refractivity contribution in [1.29, 1.82) is 0 Å². The van der Waals surface area contributed by atoms with Crippen molar-refractivity contribution in [3.63, 3.8) is 0 Å². The van der Waals surface area contributed by atoms with E-state index < -0.39 is 0 Å². The molecule has 0 amide bonds. The molecule has 68 valence electrons. The number of aryl methyl sites for hydroxylation is 1. The van der Waals surface area contributed by atoms with E-state index in [1.165, 1.54) is 0 Å². The highest BCUT2D eigenvalue weighted by molar-refractivity contribution is 5.42. The highest BCUT2D eigenvalue weighted by Gasteiger charge is 2.00. The van der Waals surface area contributed by atoms with Crippen molar-refractivity contribution in [3.8, 4) is 0 Å². The first-order valence-electron chi connectivity index (χ1n) is 4.38. The topological polar surface area (TPSA) is 56.2 Å². The Hall–Kier alpha value is -1.42. The Labute approximate surface area is 76.4 Å². The minimum absolute atomic E-state index is 0.708. The van der Waals surface area contributed by atoms with Gasteiger partial charge < -0.3 is 10.1 Å². The van der Waals surface area contributed by atoms with Crippen molar-refractivity contribution < 1.29 is 0 Å². The van der Waals surface area contributed by atoms with Crippen LogP contribution < -0.4 is 5.73 Å². The SMILES string of the molecule is NCCCc1ncc2cnccn12. The number of hydrogen-bond acceptors (Lipinski definition) is 3. The maximum Gasteiger partial charge on any atom is 0.113 e. The number of nitrogens with two attached hydrogens (primary N) is 1. The molecule has 0 aliphatic rings. The Morgan fingerprint density at radius 3 is 3.15 bits per heavy atom. The minimum atomic E-state index is 0.708. The van der Waals surface area contributed by atoms with Crippen LogP contribution in [0.2, 0.25) is 0 Å². The molecule has 0 saturated carbocycles. The molecule has 13 heavy (non-hydrogen) atoms. The standard InChI is InChI=1S/C9H12N4/c10-3-1-2-9-12-7-8-6-11-4-5-13(8)9/h4-7H,1-3,10H2. The Kier molecular flexibility index (Phi) is 2.23. The second-order valence-electron chi connectivity index (χ2n) is 2.94. The molecule has 0 unspecified atom stereocenters. The summed E-state index contributed by atoms with van der Waals surface area (Å²) in [4.78, 5) is 8.32. The van der Waals surface area contributed by atoms with Gasteiger partial charge in [0.1, 0.15) is 5.82 Å². The van der Waals surface area contributed by atoms with E-state index in [1.807, 2.05) is 16.8 Å². The summed E-state index contributed by atoms with van der Waals surface area (Å²) in [7, 11) is 0. The second-order valence-corrected chi connectivity index (χ2v) is 2.94. The predicted octanol–water partition coefficient (Wildman–Crippen LogP) is 0.621. The molecule has 0 bridgehead atoms. The van der Waals surface area contributed by atoms with E-state index >= 15 is 0 Å². The summed E-state index contributed by atoms with van der Waals surface area (Å²) < 4.78 is 2.04. The Morgan fingerprint density at radius 2 is 2.31 bits per heavy atom. The number of rotatable bonds is 3. The zero-order valence-electron chi connectivity index (χ0n) is 7.35. The third-order valence-electron chi connectivity index (χ3n) is 2.02. The Balaban J connectivity index is 2.35. The number of aromatic nitrogens is 3. The zero-order chi connectivity index (χ0) is 9.10. The van der Waals surface area contributed by atoms with Crippen molar-refractivity contribution in [2.45, 2.75) is 12.8 Å². The summed E-state index contributed by atoms with van der Waals surface area (Å²) in [6.45, 7) is 0.708. The first kappa shape index (κ1) is 8.19. The molecule has 0 aromatic carbocycles. The van der Waals surface area contributed by atoms with Crippen LogP contribution in [0.5, 0.6) is 0 Å². The molecule has 4 heteroatoms. The third-order valence-corrected chi connectivity index (χ3v) is 2.02. The fraction of sp³-hybridized carbons (Fsp3) is 0.333. The average Bonchev–Trinajstić information content (AvgIpc) is 2.58. The summed E-state index contributed by atoms with van der Waals surface area (Å²) in [5.41, 5.74) is 6.48. The number of hydrogen-bond donors (Lipinski definition) is 1. The quantitative estimate of drug-likeness (QED) is 0.745. The smallest absolute Gasteiger partial charge is 0.113 e. The van der Waals surface area contributed by atoms with Crippen LogP contribution in [0, 0.1) is 0 Å². The van der Waals surface area contributed by atoms with Gasteiger partial charge in [-0.05, 0) is 13.0 Å². The number of imidazole rings is 1. The predicted molar refractivity (Wildman–Crippen MR) is 50.4 cm³/mol. The van der Waals surface area contributed by atoms with Crippen LogP contribution in [0.25, 0.3) is 5.52 Å². The third kappa shape index (κ3) is 1.53. The molecule has 2 aromatic rings. The first-order chi connectivity index (χ1) is 6.42.